The molecule has 1 aliphatic carbocycles. The van der Waals surface area contributed by atoms with E-state index < -0.39 is 43.4 Å². The van der Waals surface area contributed by atoms with E-state index in [-0.39, 0.29) is 42.3 Å². The maximum absolute atomic E-state index is 14.2. The molecule has 1 aliphatic rings. The fourth-order valence-electron chi connectivity index (χ4n) is 5.74. The van der Waals surface area contributed by atoms with Gasteiger partial charge < -0.3 is 36.3 Å². The van der Waals surface area contributed by atoms with Crippen LogP contribution in [0, 0.1) is 5.92 Å². The third kappa shape index (κ3) is 8.95. The van der Waals surface area contributed by atoms with Gasteiger partial charge in [0.25, 0.3) is 0 Å². The van der Waals surface area contributed by atoms with Crippen LogP contribution in [0.1, 0.15) is 49.9 Å². The van der Waals surface area contributed by atoms with E-state index in [0.29, 0.717) is 39.4 Å². The number of thiocarbonyl (C=S) groups is 1. The summed E-state index contributed by atoms with van der Waals surface area (Å²) in [5.74, 6) is -1.41. The molecular formula is C30H36Cl2N5O8PS. The average molecular weight is 729 g/mol. The minimum atomic E-state index is -4.74. The van der Waals surface area contributed by atoms with Gasteiger partial charge >= 0.3 is 13.9 Å². The maximum Gasteiger partial charge on any atom is 0.524 e. The predicted octanol–water partition coefficient (Wildman–Crippen LogP) is 4.38. The second-order valence-corrected chi connectivity index (χ2v) is 14.1. The van der Waals surface area contributed by atoms with Crippen LogP contribution < -0.4 is 26.2 Å². The summed E-state index contributed by atoms with van der Waals surface area (Å²) >= 11 is 18.1. The van der Waals surface area contributed by atoms with Gasteiger partial charge in [0.1, 0.15) is 17.3 Å². The zero-order valence-electron chi connectivity index (χ0n) is 25.5. The molecule has 3 aromatic rings. The van der Waals surface area contributed by atoms with Crippen molar-refractivity contribution in [2.45, 2.75) is 70.0 Å². The number of hydrogen-bond donors (Lipinski definition) is 8. The van der Waals surface area contributed by atoms with Crippen LogP contribution in [0.15, 0.2) is 36.4 Å². The summed E-state index contributed by atoms with van der Waals surface area (Å²) in [7, 11) is -4.74. The van der Waals surface area contributed by atoms with E-state index in [1.807, 2.05) is 13.8 Å². The number of carbonyl (C=O) groups is 3. The van der Waals surface area contributed by atoms with Gasteiger partial charge in [-0.25, -0.2) is 9.36 Å². The Balaban J connectivity index is 1.65. The van der Waals surface area contributed by atoms with Gasteiger partial charge in [-0.2, -0.15) is 0 Å². The van der Waals surface area contributed by atoms with E-state index >= 15 is 0 Å². The second-order valence-electron chi connectivity index (χ2n) is 11.6. The van der Waals surface area contributed by atoms with Crippen molar-refractivity contribution in [2.24, 2.45) is 11.7 Å². The number of hydrogen-bond acceptors (Lipinski definition) is 6. The molecule has 0 saturated carbocycles. The fourth-order valence-corrected chi connectivity index (χ4v) is 6.97. The van der Waals surface area contributed by atoms with Crippen molar-refractivity contribution >= 4 is 77.0 Å². The number of phosphoric ester groups is 1. The zero-order chi connectivity index (χ0) is 34.7. The van der Waals surface area contributed by atoms with Crippen molar-refractivity contribution < 1.29 is 38.4 Å². The first kappa shape index (κ1) is 36.4. The number of carbonyl (C=O) groups excluding carboxylic acids is 2. The van der Waals surface area contributed by atoms with Crippen molar-refractivity contribution in [2.75, 3.05) is 0 Å². The number of aromatic nitrogens is 1. The van der Waals surface area contributed by atoms with Gasteiger partial charge in [-0.15, -0.1) is 0 Å². The lowest BCUT2D eigenvalue weighted by molar-refractivity contribution is -0.135. The molecular weight excluding hydrogens is 692 g/mol. The lowest BCUT2D eigenvalue weighted by atomic mass is 9.78. The minimum absolute atomic E-state index is 0.000457. The topological polar surface area (TPSA) is 216 Å². The molecule has 2 aromatic carbocycles. The van der Waals surface area contributed by atoms with Gasteiger partial charge in [0.15, 0.2) is 0 Å². The molecule has 0 saturated heterocycles. The number of rotatable bonds is 13. The van der Waals surface area contributed by atoms with Gasteiger partial charge in [0.05, 0.1) is 21.6 Å². The van der Waals surface area contributed by atoms with Crippen LogP contribution >= 0.6 is 43.2 Å². The van der Waals surface area contributed by atoms with Gasteiger partial charge in [0, 0.05) is 22.5 Å². The van der Waals surface area contributed by atoms with Crippen LogP contribution in [0.4, 0.5) is 4.79 Å². The zero-order valence-corrected chi connectivity index (χ0v) is 28.7. The van der Waals surface area contributed by atoms with Crippen LogP contribution in [0.3, 0.4) is 0 Å². The first-order valence-corrected chi connectivity index (χ1v) is 17.5. The van der Waals surface area contributed by atoms with E-state index in [1.165, 1.54) is 24.3 Å². The number of fused-ring (bicyclic) bond motifs is 3. The Kier molecular flexibility index (Phi) is 11.5. The second kappa shape index (κ2) is 14.8. The van der Waals surface area contributed by atoms with Crippen molar-refractivity contribution in [3.63, 3.8) is 0 Å². The molecule has 47 heavy (non-hydrogen) atoms. The van der Waals surface area contributed by atoms with E-state index in [4.69, 9.17) is 50.9 Å². The van der Waals surface area contributed by atoms with Gasteiger partial charge in [-0.1, -0.05) is 67.8 Å². The Morgan fingerprint density at radius 2 is 1.85 bits per heavy atom. The highest BCUT2D eigenvalue weighted by molar-refractivity contribution is 7.80. The first-order chi connectivity index (χ1) is 22.0. The molecule has 0 bridgehead atoms. The quantitative estimate of drug-likeness (QED) is 0.0918. The molecule has 1 unspecified atom stereocenters. The molecule has 0 aliphatic heterocycles. The smallest absolute Gasteiger partial charge is 0.465 e. The Labute approximate surface area is 286 Å². The molecule has 0 radical (unpaired) electrons. The molecule has 0 spiro atoms. The Hall–Kier alpha value is -3.39. The molecule has 4 atom stereocenters. The van der Waals surface area contributed by atoms with E-state index in [2.05, 4.69) is 25.5 Å². The molecule has 1 heterocycles. The molecule has 9 N–H and O–H groups in total. The molecule has 13 nitrogen and oxygen atoms in total. The minimum Gasteiger partial charge on any atom is -0.465 e. The lowest BCUT2D eigenvalue weighted by Crippen LogP contribution is -2.66. The fraction of sp³-hybridized carbons (Fsp3) is 0.400. The van der Waals surface area contributed by atoms with E-state index in [1.54, 1.807) is 12.1 Å². The summed E-state index contributed by atoms with van der Waals surface area (Å²) in [5.41, 5.74) is 7.35. The Bertz CT molecular complexity index is 1730. The van der Waals surface area contributed by atoms with Crippen molar-refractivity contribution in [3.05, 3.63) is 63.3 Å². The number of phosphoric acid groups is 1. The highest BCUT2D eigenvalue weighted by Gasteiger charge is 2.46. The van der Waals surface area contributed by atoms with Crippen LogP contribution in [-0.2, 0) is 33.4 Å². The molecule has 4 rings (SSSR count). The van der Waals surface area contributed by atoms with Crippen molar-refractivity contribution in [3.8, 4) is 5.75 Å². The van der Waals surface area contributed by atoms with E-state index in [9.17, 15) is 24.1 Å². The normalized spacial score (nSPS) is 18.0. The number of amides is 3. The number of aryl methyl sites for hydroxylation is 2. The van der Waals surface area contributed by atoms with Gasteiger partial charge in [-0.3, -0.25) is 19.4 Å². The third-order valence-electron chi connectivity index (χ3n) is 8.39. The summed E-state index contributed by atoms with van der Waals surface area (Å²) in [4.78, 5) is 61.3. The Morgan fingerprint density at radius 3 is 2.45 bits per heavy atom. The largest absolute Gasteiger partial charge is 0.524 e. The standard InChI is InChI=1S/C30H36Cl2N5O8PS/c1-3-15(2)24(26(33)47)36-28(39)30(11-10-22-20(14-30)19-12-17(31)13-21(32)25(19)34-22)37-27(38)23(35-29(40)41)9-6-16-4-7-18(8-5-16)45-46(42,43)44/h4-5,7-8,12-13,15,23-24,34-35H,3,6,9-11,14H2,1-2H3,(H2,33,47)(H,36,39)(H,37,38)(H,40,41)(H2,42,43,44)/t15-,23-,24?,30+/m0/s1. The molecule has 3 amide bonds. The number of H-pyrrole nitrogens is 1. The average Bonchev–Trinajstić information content (AvgIpc) is 3.34. The summed E-state index contributed by atoms with van der Waals surface area (Å²) in [6, 6.07) is 7.19. The number of benzene rings is 2. The number of nitrogens with one attached hydrogen (secondary N) is 4. The van der Waals surface area contributed by atoms with Crippen LogP contribution in [0.2, 0.25) is 10.0 Å². The van der Waals surface area contributed by atoms with Crippen LogP contribution in [-0.4, -0.2) is 60.4 Å². The SMILES string of the molecule is CC[C@H](C)C(NC(=O)[C@@]1(NC(=O)[C@H](CCc2ccc(OP(=O)(O)O)cc2)NC(=O)O)CCc2[nH]c3c(Cl)cc(Cl)cc3c2C1)C(N)=S. The number of carboxylic acid groups (broad SMARTS) is 1. The number of halogens is 2. The molecule has 1 aromatic heterocycles. The first-order valence-electron chi connectivity index (χ1n) is 14.8. The summed E-state index contributed by atoms with van der Waals surface area (Å²) < 4.78 is 15.7. The van der Waals surface area contributed by atoms with Crippen molar-refractivity contribution in [1.82, 2.24) is 20.9 Å². The number of aromatic amines is 1. The summed E-state index contributed by atoms with van der Waals surface area (Å²) in [6.45, 7) is 3.84. The van der Waals surface area contributed by atoms with Crippen LogP contribution in [0.25, 0.3) is 10.9 Å². The summed E-state index contributed by atoms with van der Waals surface area (Å²) in [6.07, 6.45) is -0.000725. The molecule has 254 valence electrons. The number of nitrogens with two attached hydrogens (primary N) is 1. The molecule has 0 fully saturated rings. The maximum atomic E-state index is 14.2. The van der Waals surface area contributed by atoms with Gasteiger partial charge in [-0.05, 0) is 67.0 Å². The lowest BCUT2D eigenvalue weighted by Gasteiger charge is -2.39. The highest BCUT2D eigenvalue weighted by atomic mass is 35.5. The predicted molar refractivity (Wildman–Crippen MR) is 182 cm³/mol. The van der Waals surface area contributed by atoms with Crippen LogP contribution in [0.5, 0.6) is 5.75 Å². The molecule has 17 heteroatoms. The van der Waals surface area contributed by atoms with E-state index in [0.717, 1.165) is 11.3 Å². The summed E-state index contributed by atoms with van der Waals surface area (Å²) in [5, 5.41) is 19.2. The van der Waals surface area contributed by atoms with Gasteiger partial charge in [0.2, 0.25) is 11.8 Å². The monoisotopic (exact) mass is 727 g/mol. The highest BCUT2D eigenvalue weighted by Crippen LogP contribution is 2.39. The Morgan fingerprint density at radius 1 is 1.17 bits per heavy atom. The third-order valence-corrected chi connectivity index (χ3v) is 9.61. The van der Waals surface area contributed by atoms with Crippen molar-refractivity contribution in [1.29, 1.82) is 0 Å².